The number of aryl methyl sites for hydroxylation is 1. The van der Waals surface area contributed by atoms with Gasteiger partial charge in [0, 0.05) is 11.2 Å². The number of anilines is 1. The Morgan fingerprint density at radius 3 is 2.58 bits per heavy atom. The van der Waals surface area contributed by atoms with E-state index in [4.69, 9.17) is 11.6 Å². The molecule has 1 aromatic heterocycles. The fraction of sp³-hybridized carbons (Fsp3) is 0.154. The van der Waals surface area contributed by atoms with Crippen LogP contribution in [0.5, 0.6) is 0 Å². The molecular weight excluding hydrogens is 284 g/mol. The van der Waals surface area contributed by atoms with Gasteiger partial charge in [0.05, 0.1) is 5.75 Å². The van der Waals surface area contributed by atoms with Gasteiger partial charge in [-0.1, -0.05) is 35.9 Å². The fourth-order valence-corrected chi connectivity index (χ4v) is 3.00. The highest BCUT2D eigenvalue weighted by atomic mass is 35.5. The minimum Gasteiger partial charge on any atom is -0.267 e. The van der Waals surface area contributed by atoms with Crippen molar-refractivity contribution in [2.75, 3.05) is 4.72 Å². The molecule has 2 aromatic rings. The van der Waals surface area contributed by atoms with Crippen molar-refractivity contribution in [3.63, 3.8) is 0 Å². The standard InChI is InChI=1S/C13H13ClN2O2S/c1-10-6-7-13(15-8-10)16-19(17,18)9-11-4-2-3-5-12(11)14/h2-8H,9H2,1H3,(H,15,16). The lowest BCUT2D eigenvalue weighted by molar-refractivity contribution is 0.600. The van der Waals surface area contributed by atoms with Gasteiger partial charge in [-0.25, -0.2) is 13.4 Å². The smallest absolute Gasteiger partial charge is 0.238 e. The van der Waals surface area contributed by atoms with Gasteiger partial charge < -0.3 is 0 Å². The van der Waals surface area contributed by atoms with Crippen molar-refractivity contribution < 1.29 is 8.42 Å². The largest absolute Gasteiger partial charge is 0.267 e. The van der Waals surface area contributed by atoms with E-state index in [1.165, 1.54) is 0 Å². The third-order valence-corrected chi connectivity index (χ3v) is 4.05. The number of rotatable bonds is 4. The molecule has 0 spiro atoms. The second kappa shape index (κ2) is 5.59. The van der Waals surface area contributed by atoms with Gasteiger partial charge in [-0.2, -0.15) is 0 Å². The Balaban J connectivity index is 2.15. The second-order valence-corrected chi connectivity index (χ2v) is 6.30. The summed E-state index contributed by atoms with van der Waals surface area (Å²) in [4.78, 5) is 4.00. The maximum Gasteiger partial charge on any atom is 0.238 e. The lowest BCUT2D eigenvalue weighted by atomic mass is 10.2. The summed E-state index contributed by atoms with van der Waals surface area (Å²) in [5.41, 5.74) is 1.53. The molecule has 0 saturated carbocycles. The summed E-state index contributed by atoms with van der Waals surface area (Å²) in [6, 6.07) is 10.3. The summed E-state index contributed by atoms with van der Waals surface area (Å²) < 4.78 is 26.4. The molecule has 0 unspecified atom stereocenters. The minimum atomic E-state index is -3.52. The number of benzene rings is 1. The molecule has 0 aliphatic carbocycles. The number of pyridine rings is 1. The van der Waals surface area contributed by atoms with Crippen LogP contribution in [0.4, 0.5) is 5.82 Å². The van der Waals surface area contributed by atoms with Crippen LogP contribution >= 0.6 is 11.6 Å². The molecule has 6 heteroatoms. The normalized spacial score (nSPS) is 11.3. The molecular formula is C13H13ClN2O2S. The molecule has 0 amide bonds. The summed E-state index contributed by atoms with van der Waals surface area (Å²) >= 11 is 5.95. The minimum absolute atomic E-state index is 0.178. The van der Waals surface area contributed by atoms with E-state index in [0.717, 1.165) is 5.56 Å². The van der Waals surface area contributed by atoms with Crippen LogP contribution in [-0.4, -0.2) is 13.4 Å². The van der Waals surface area contributed by atoms with Crippen LogP contribution in [-0.2, 0) is 15.8 Å². The highest BCUT2D eigenvalue weighted by Gasteiger charge is 2.14. The number of aromatic nitrogens is 1. The molecule has 4 nitrogen and oxygen atoms in total. The zero-order valence-electron chi connectivity index (χ0n) is 10.3. The van der Waals surface area contributed by atoms with E-state index in [1.54, 1.807) is 42.6 Å². The molecule has 100 valence electrons. The van der Waals surface area contributed by atoms with Crippen molar-refractivity contribution >= 4 is 27.4 Å². The maximum absolute atomic E-state index is 12.0. The molecule has 2 rings (SSSR count). The van der Waals surface area contributed by atoms with Crippen LogP contribution in [0.15, 0.2) is 42.6 Å². The Hall–Kier alpha value is -1.59. The molecule has 0 radical (unpaired) electrons. The third-order valence-electron chi connectivity index (χ3n) is 2.47. The lowest BCUT2D eigenvalue weighted by Crippen LogP contribution is -2.16. The molecule has 0 bridgehead atoms. The number of nitrogens with zero attached hydrogens (tertiary/aromatic N) is 1. The first-order valence-electron chi connectivity index (χ1n) is 5.63. The Morgan fingerprint density at radius 1 is 1.21 bits per heavy atom. The Kier molecular flexibility index (Phi) is 4.07. The highest BCUT2D eigenvalue weighted by Crippen LogP contribution is 2.18. The zero-order chi connectivity index (χ0) is 13.9. The highest BCUT2D eigenvalue weighted by molar-refractivity contribution is 7.91. The topological polar surface area (TPSA) is 59.1 Å². The Morgan fingerprint density at radius 2 is 1.95 bits per heavy atom. The van der Waals surface area contributed by atoms with E-state index in [-0.39, 0.29) is 5.75 Å². The van der Waals surface area contributed by atoms with E-state index in [1.807, 2.05) is 6.92 Å². The van der Waals surface area contributed by atoms with E-state index in [9.17, 15) is 8.42 Å². The van der Waals surface area contributed by atoms with Gasteiger partial charge in [0.1, 0.15) is 5.82 Å². The number of sulfonamides is 1. The van der Waals surface area contributed by atoms with Crippen LogP contribution in [0, 0.1) is 6.92 Å². The molecule has 1 aromatic carbocycles. The predicted octanol–water partition coefficient (Wildman–Crippen LogP) is 2.99. The van der Waals surface area contributed by atoms with E-state index in [2.05, 4.69) is 9.71 Å². The summed E-state index contributed by atoms with van der Waals surface area (Å²) in [6.45, 7) is 1.88. The van der Waals surface area contributed by atoms with Gasteiger partial charge in [0.25, 0.3) is 0 Å². The van der Waals surface area contributed by atoms with E-state index < -0.39 is 10.0 Å². The van der Waals surface area contributed by atoms with Crippen LogP contribution < -0.4 is 4.72 Å². The molecule has 0 aliphatic heterocycles. The summed E-state index contributed by atoms with van der Waals surface area (Å²) in [5, 5.41) is 0.435. The fourth-order valence-electron chi connectivity index (χ4n) is 1.54. The van der Waals surface area contributed by atoms with Crippen LogP contribution in [0.25, 0.3) is 0 Å². The molecule has 0 aliphatic rings. The molecule has 0 atom stereocenters. The zero-order valence-corrected chi connectivity index (χ0v) is 11.9. The Bertz CT molecular complexity index is 669. The maximum atomic E-state index is 12.0. The van der Waals surface area contributed by atoms with Crippen molar-refractivity contribution in [1.29, 1.82) is 0 Å². The lowest BCUT2D eigenvalue weighted by Gasteiger charge is -2.08. The first-order chi connectivity index (χ1) is 8.96. The summed E-state index contributed by atoms with van der Waals surface area (Å²) in [5.74, 6) is 0.125. The van der Waals surface area contributed by atoms with Crippen molar-refractivity contribution in [3.05, 3.63) is 58.7 Å². The molecule has 1 N–H and O–H groups in total. The van der Waals surface area contributed by atoms with E-state index >= 15 is 0 Å². The average molecular weight is 297 g/mol. The predicted molar refractivity (Wildman–Crippen MR) is 76.7 cm³/mol. The Labute approximate surface area is 117 Å². The van der Waals surface area contributed by atoms with Crippen molar-refractivity contribution in [2.24, 2.45) is 0 Å². The van der Waals surface area contributed by atoms with Gasteiger partial charge >= 0.3 is 0 Å². The molecule has 1 heterocycles. The van der Waals surface area contributed by atoms with Gasteiger partial charge in [-0.15, -0.1) is 0 Å². The quantitative estimate of drug-likeness (QED) is 0.943. The summed E-state index contributed by atoms with van der Waals surface area (Å²) in [7, 11) is -3.52. The molecule has 0 saturated heterocycles. The van der Waals surface area contributed by atoms with Gasteiger partial charge in [-0.05, 0) is 30.2 Å². The van der Waals surface area contributed by atoms with Crippen LogP contribution in [0.1, 0.15) is 11.1 Å². The second-order valence-electron chi connectivity index (χ2n) is 4.17. The first-order valence-corrected chi connectivity index (χ1v) is 7.66. The SMILES string of the molecule is Cc1ccc(NS(=O)(=O)Cc2ccccc2Cl)nc1. The average Bonchev–Trinajstić information content (AvgIpc) is 2.35. The number of hydrogen-bond acceptors (Lipinski definition) is 3. The monoisotopic (exact) mass is 296 g/mol. The van der Waals surface area contributed by atoms with Crippen LogP contribution in [0.3, 0.4) is 0 Å². The van der Waals surface area contributed by atoms with Crippen molar-refractivity contribution in [3.8, 4) is 0 Å². The van der Waals surface area contributed by atoms with Crippen LogP contribution in [0.2, 0.25) is 5.02 Å². The van der Waals surface area contributed by atoms with Gasteiger partial charge in [0.2, 0.25) is 10.0 Å². The molecule has 19 heavy (non-hydrogen) atoms. The summed E-state index contributed by atoms with van der Waals surface area (Å²) in [6.07, 6.45) is 1.60. The molecule has 0 fully saturated rings. The van der Waals surface area contributed by atoms with Crippen molar-refractivity contribution in [2.45, 2.75) is 12.7 Å². The van der Waals surface area contributed by atoms with Crippen molar-refractivity contribution in [1.82, 2.24) is 4.98 Å². The number of halogens is 1. The van der Waals surface area contributed by atoms with Gasteiger partial charge in [0.15, 0.2) is 0 Å². The van der Waals surface area contributed by atoms with Gasteiger partial charge in [-0.3, -0.25) is 4.72 Å². The number of hydrogen-bond donors (Lipinski definition) is 1. The third kappa shape index (κ3) is 3.94. The first kappa shape index (κ1) is 13.8. The number of nitrogens with one attached hydrogen (secondary N) is 1. The van der Waals surface area contributed by atoms with E-state index in [0.29, 0.717) is 16.4 Å².